The Bertz CT molecular complexity index is 579. The maximum Gasteiger partial charge on any atom is 0.255 e. The number of nitrogen functional groups attached to an aromatic ring is 1. The maximum absolute atomic E-state index is 12.0. The molecule has 2 rings (SSSR count). The van der Waals surface area contributed by atoms with E-state index in [-0.39, 0.29) is 5.91 Å². The minimum Gasteiger partial charge on any atom is -0.398 e. The molecule has 0 radical (unpaired) electrons. The second kappa shape index (κ2) is 5.39. The van der Waals surface area contributed by atoms with Crippen LogP contribution < -0.4 is 11.1 Å². The number of aryl methyl sites for hydroxylation is 1. The van der Waals surface area contributed by atoms with Gasteiger partial charge in [0, 0.05) is 20.5 Å². The summed E-state index contributed by atoms with van der Waals surface area (Å²) in [6.07, 6.45) is 0. The molecule has 1 amide bonds. The largest absolute Gasteiger partial charge is 0.398 e. The zero-order valence-electron chi connectivity index (χ0n) is 9.91. The number of amides is 1. The molecule has 4 heteroatoms. The van der Waals surface area contributed by atoms with Crippen LogP contribution in [-0.2, 0) is 0 Å². The number of hydrogen-bond acceptors (Lipinski definition) is 2. The third-order valence-electron chi connectivity index (χ3n) is 2.64. The lowest BCUT2D eigenvalue weighted by Crippen LogP contribution is -2.12. The molecule has 3 N–H and O–H groups in total. The quantitative estimate of drug-likeness (QED) is 0.643. The smallest absolute Gasteiger partial charge is 0.255 e. The van der Waals surface area contributed by atoms with Gasteiger partial charge in [-0.05, 0) is 71.5 Å². The molecule has 0 atom stereocenters. The highest BCUT2D eigenvalue weighted by Crippen LogP contribution is 2.16. The zero-order chi connectivity index (χ0) is 13.1. The number of benzene rings is 2. The van der Waals surface area contributed by atoms with Crippen LogP contribution in [0.2, 0.25) is 0 Å². The van der Waals surface area contributed by atoms with Crippen molar-refractivity contribution in [1.82, 2.24) is 0 Å². The Hall–Kier alpha value is -1.56. The second-order valence-corrected chi connectivity index (χ2v) is 5.28. The molecule has 0 unspecified atom stereocenters. The van der Waals surface area contributed by atoms with Crippen molar-refractivity contribution in [3.8, 4) is 0 Å². The van der Waals surface area contributed by atoms with Crippen LogP contribution in [0.5, 0.6) is 0 Å². The molecule has 2 aromatic carbocycles. The summed E-state index contributed by atoms with van der Waals surface area (Å²) in [7, 11) is 0. The van der Waals surface area contributed by atoms with Crippen LogP contribution >= 0.6 is 22.6 Å². The van der Waals surface area contributed by atoms with Gasteiger partial charge in [0.05, 0.1) is 0 Å². The lowest BCUT2D eigenvalue weighted by molar-refractivity contribution is 0.102. The van der Waals surface area contributed by atoms with Gasteiger partial charge in [0.1, 0.15) is 0 Å². The van der Waals surface area contributed by atoms with Crippen molar-refractivity contribution in [1.29, 1.82) is 0 Å². The number of nitrogens with one attached hydrogen (secondary N) is 1. The fourth-order valence-corrected chi connectivity index (χ4v) is 1.88. The number of carbonyl (C=O) groups excluding carboxylic acids is 1. The average molecular weight is 352 g/mol. The van der Waals surface area contributed by atoms with Crippen molar-refractivity contribution in [3.63, 3.8) is 0 Å². The fraction of sp³-hybridized carbons (Fsp3) is 0.0714. The summed E-state index contributed by atoms with van der Waals surface area (Å²) in [5.41, 5.74) is 8.74. The molecular formula is C14H13IN2O. The molecule has 0 aromatic heterocycles. The average Bonchev–Trinajstić information content (AvgIpc) is 2.35. The van der Waals surface area contributed by atoms with Crippen molar-refractivity contribution in [2.45, 2.75) is 6.92 Å². The van der Waals surface area contributed by atoms with E-state index in [0.717, 1.165) is 14.8 Å². The van der Waals surface area contributed by atoms with Gasteiger partial charge >= 0.3 is 0 Å². The molecule has 0 heterocycles. The Balaban J connectivity index is 2.16. The van der Waals surface area contributed by atoms with Crippen LogP contribution in [0.25, 0.3) is 0 Å². The maximum atomic E-state index is 12.0. The predicted octanol–water partition coefficient (Wildman–Crippen LogP) is 3.43. The summed E-state index contributed by atoms with van der Waals surface area (Å²) < 4.78 is 1.13. The van der Waals surface area contributed by atoms with Crippen molar-refractivity contribution in [2.75, 3.05) is 11.1 Å². The van der Waals surface area contributed by atoms with E-state index in [0.29, 0.717) is 11.3 Å². The molecule has 92 valence electrons. The van der Waals surface area contributed by atoms with Gasteiger partial charge in [0.15, 0.2) is 0 Å². The van der Waals surface area contributed by atoms with Crippen molar-refractivity contribution in [2.24, 2.45) is 0 Å². The Labute approximate surface area is 120 Å². The third-order valence-corrected chi connectivity index (χ3v) is 3.36. The Kier molecular flexibility index (Phi) is 3.86. The van der Waals surface area contributed by atoms with Crippen molar-refractivity contribution in [3.05, 3.63) is 57.2 Å². The highest BCUT2D eigenvalue weighted by atomic mass is 127. The fourth-order valence-electron chi connectivity index (χ4n) is 1.52. The monoisotopic (exact) mass is 352 g/mol. The van der Waals surface area contributed by atoms with Crippen LogP contribution in [-0.4, -0.2) is 5.91 Å². The molecule has 0 saturated carbocycles. The normalized spacial score (nSPS) is 10.1. The van der Waals surface area contributed by atoms with Crippen LogP contribution in [0.1, 0.15) is 15.9 Å². The minimum atomic E-state index is -0.150. The Morgan fingerprint density at radius 1 is 1.17 bits per heavy atom. The standard InChI is InChI=1S/C14H13IN2O/c1-9-2-3-10(8-13(9)16)14(18)17-12-6-4-11(15)5-7-12/h2-8H,16H2,1H3,(H,17,18). The van der Waals surface area contributed by atoms with Gasteiger partial charge in [-0.2, -0.15) is 0 Å². The van der Waals surface area contributed by atoms with Gasteiger partial charge < -0.3 is 11.1 Å². The van der Waals surface area contributed by atoms with E-state index in [2.05, 4.69) is 27.9 Å². The number of anilines is 2. The second-order valence-electron chi connectivity index (χ2n) is 4.03. The van der Waals surface area contributed by atoms with Crippen LogP contribution in [0.4, 0.5) is 11.4 Å². The lowest BCUT2D eigenvalue weighted by atomic mass is 10.1. The molecule has 0 bridgehead atoms. The van der Waals surface area contributed by atoms with Gasteiger partial charge in [0.25, 0.3) is 5.91 Å². The Morgan fingerprint density at radius 2 is 1.83 bits per heavy atom. The molecule has 0 spiro atoms. The number of hydrogen-bond donors (Lipinski definition) is 2. The molecule has 0 aliphatic rings. The van der Waals surface area contributed by atoms with Gasteiger partial charge in [0.2, 0.25) is 0 Å². The summed E-state index contributed by atoms with van der Waals surface area (Å²) in [6, 6.07) is 12.9. The van der Waals surface area contributed by atoms with Crippen LogP contribution in [0.3, 0.4) is 0 Å². The van der Waals surface area contributed by atoms with Gasteiger partial charge in [-0.15, -0.1) is 0 Å². The summed E-state index contributed by atoms with van der Waals surface area (Å²) in [5, 5.41) is 2.83. The third kappa shape index (κ3) is 3.01. The van der Waals surface area contributed by atoms with Gasteiger partial charge in [-0.1, -0.05) is 6.07 Å². The first-order chi connectivity index (χ1) is 8.56. The summed E-state index contributed by atoms with van der Waals surface area (Å²) in [5.74, 6) is -0.150. The number of rotatable bonds is 2. The number of carbonyl (C=O) groups is 1. The molecule has 2 aromatic rings. The summed E-state index contributed by atoms with van der Waals surface area (Å²) >= 11 is 2.22. The van der Waals surface area contributed by atoms with E-state index in [4.69, 9.17) is 5.73 Å². The first-order valence-electron chi connectivity index (χ1n) is 5.49. The Morgan fingerprint density at radius 3 is 2.44 bits per heavy atom. The first-order valence-corrected chi connectivity index (χ1v) is 6.57. The summed E-state index contributed by atoms with van der Waals surface area (Å²) in [6.45, 7) is 1.91. The van der Waals surface area contributed by atoms with E-state index in [1.807, 2.05) is 37.3 Å². The van der Waals surface area contributed by atoms with E-state index >= 15 is 0 Å². The van der Waals surface area contributed by atoms with E-state index < -0.39 is 0 Å². The topological polar surface area (TPSA) is 55.1 Å². The van der Waals surface area contributed by atoms with Gasteiger partial charge in [-0.25, -0.2) is 0 Å². The highest BCUT2D eigenvalue weighted by Gasteiger charge is 2.07. The van der Waals surface area contributed by atoms with Crippen LogP contribution in [0.15, 0.2) is 42.5 Å². The van der Waals surface area contributed by atoms with E-state index in [9.17, 15) is 4.79 Å². The SMILES string of the molecule is Cc1ccc(C(=O)Nc2ccc(I)cc2)cc1N. The summed E-state index contributed by atoms with van der Waals surface area (Å²) in [4.78, 5) is 12.0. The highest BCUT2D eigenvalue weighted by molar-refractivity contribution is 14.1. The zero-order valence-corrected chi connectivity index (χ0v) is 12.1. The molecule has 18 heavy (non-hydrogen) atoms. The van der Waals surface area contributed by atoms with Crippen LogP contribution in [0, 0.1) is 10.5 Å². The molecule has 0 aliphatic carbocycles. The van der Waals surface area contributed by atoms with E-state index in [1.165, 1.54) is 0 Å². The molecule has 0 saturated heterocycles. The molecule has 3 nitrogen and oxygen atoms in total. The van der Waals surface area contributed by atoms with Crippen molar-refractivity contribution >= 4 is 39.9 Å². The molecular weight excluding hydrogens is 339 g/mol. The van der Waals surface area contributed by atoms with Gasteiger partial charge in [-0.3, -0.25) is 4.79 Å². The minimum absolute atomic E-state index is 0.150. The predicted molar refractivity (Wildman–Crippen MR) is 82.7 cm³/mol. The number of halogens is 1. The van der Waals surface area contributed by atoms with Crippen molar-refractivity contribution < 1.29 is 4.79 Å². The number of nitrogens with two attached hydrogens (primary N) is 1. The molecule has 0 aliphatic heterocycles. The van der Waals surface area contributed by atoms with E-state index in [1.54, 1.807) is 12.1 Å². The lowest BCUT2D eigenvalue weighted by Gasteiger charge is -2.07. The molecule has 0 fully saturated rings. The first kappa shape index (κ1) is 12.9.